The Labute approximate surface area is 96.3 Å². The number of ketones is 1. The number of hydrogen-bond donors (Lipinski definition) is 5. The lowest BCUT2D eigenvalue weighted by molar-refractivity contribution is 0.0989. The highest BCUT2D eigenvalue weighted by atomic mass is 31.3. The molecule has 0 aromatic carbocycles. The van der Waals surface area contributed by atoms with Crippen LogP contribution in [0.3, 0.4) is 0 Å². The molecule has 0 amide bonds. The number of nitrogens with zero attached hydrogens (tertiary/aromatic N) is 1. The molecule has 0 aliphatic rings. The van der Waals surface area contributed by atoms with Crippen molar-refractivity contribution in [3.05, 3.63) is 30.1 Å². The van der Waals surface area contributed by atoms with Crippen LogP contribution in [0.1, 0.15) is 10.4 Å². The second-order valence-corrected chi connectivity index (χ2v) is 7.03. The molecule has 94 valence electrons. The van der Waals surface area contributed by atoms with Gasteiger partial charge < -0.3 is 9.79 Å². The Bertz CT molecular complexity index is 451. The van der Waals surface area contributed by atoms with Crippen molar-refractivity contribution < 1.29 is 33.8 Å². The number of rotatable bonds is 4. The summed E-state index contributed by atoms with van der Waals surface area (Å²) in [5, 5.41) is -2.56. The maximum Gasteiger partial charge on any atom is 0.427 e. The summed E-state index contributed by atoms with van der Waals surface area (Å²) in [6, 6.07) is 2.28. The number of aromatic nitrogens is 1. The number of Topliss-reactive ketones (excluding diaryl/α,β-unsaturated/α-hetero) is 1. The van der Waals surface area contributed by atoms with Crippen LogP contribution in [0.2, 0.25) is 0 Å². The van der Waals surface area contributed by atoms with Crippen LogP contribution in [0, 0.1) is 0 Å². The van der Waals surface area contributed by atoms with Crippen molar-refractivity contribution in [1.29, 1.82) is 0 Å². The van der Waals surface area contributed by atoms with Crippen LogP contribution < -0.4 is 0 Å². The number of pyridine rings is 1. The molecule has 8 nitrogen and oxygen atoms in total. The number of carbonyl (C=O) groups excluding carboxylic acids is 1. The van der Waals surface area contributed by atoms with Crippen LogP contribution in [-0.4, -0.2) is 40.6 Å². The molecule has 0 aliphatic heterocycles. The molecule has 1 atom stereocenters. The molecule has 1 rings (SSSR count). The van der Waals surface area contributed by atoms with Gasteiger partial charge >= 0.3 is 20.9 Å². The van der Waals surface area contributed by atoms with Gasteiger partial charge in [0, 0.05) is 18.0 Å². The van der Waals surface area contributed by atoms with Gasteiger partial charge in [0.05, 0.1) is 0 Å². The lowest BCUT2D eigenvalue weighted by Crippen LogP contribution is -2.24. The molecule has 1 aromatic rings. The minimum atomic E-state index is -5.19. The largest absolute Gasteiger partial charge is 0.427 e. The molecule has 17 heavy (non-hydrogen) atoms. The summed E-state index contributed by atoms with van der Waals surface area (Å²) in [4.78, 5) is 59.8. The molecule has 1 heterocycles. The van der Waals surface area contributed by atoms with Gasteiger partial charge in [-0.2, -0.15) is 14.7 Å². The fourth-order valence-corrected chi connectivity index (χ4v) is 3.71. The van der Waals surface area contributed by atoms with Crippen LogP contribution in [-0.2, 0) is 4.57 Å². The van der Waals surface area contributed by atoms with E-state index in [4.69, 9.17) is 24.5 Å². The molecule has 5 N–H and O–H groups in total. The van der Waals surface area contributed by atoms with Crippen molar-refractivity contribution in [3.8, 4) is 0 Å². The van der Waals surface area contributed by atoms with E-state index in [1.807, 2.05) is 0 Å². The molecule has 0 saturated carbocycles. The van der Waals surface area contributed by atoms with Crippen molar-refractivity contribution >= 4 is 21.3 Å². The zero-order chi connectivity index (χ0) is 13.3. The molecule has 0 aliphatic carbocycles. The van der Waals surface area contributed by atoms with Crippen molar-refractivity contribution in [2.45, 2.75) is 5.40 Å². The first-order valence-corrected chi connectivity index (χ1v) is 7.60. The summed E-state index contributed by atoms with van der Waals surface area (Å²) < 4.78 is 11.0. The molecule has 0 bridgehead atoms. The Morgan fingerprint density at radius 1 is 1.24 bits per heavy atom. The van der Waals surface area contributed by atoms with E-state index >= 15 is 0 Å². The van der Waals surface area contributed by atoms with E-state index in [2.05, 4.69) is 4.98 Å². The molecular formula is C7H10NO7P2+. The van der Waals surface area contributed by atoms with Crippen LogP contribution in [0.25, 0.3) is 0 Å². The molecule has 0 fully saturated rings. The van der Waals surface area contributed by atoms with Gasteiger partial charge in [-0.3, -0.25) is 14.3 Å². The highest BCUT2D eigenvalue weighted by molar-refractivity contribution is 7.76. The fourth-order valence-electron chi connectivity index (χ4n) is 1.18. The van der Waals surface area contributed by atoms with Crippen LogP contribution in [0.5, 0.6) is 0 Å². The van der Waals surface area contributed by atoms with Crippen LogP contribution in [0.15, 0.2) is 24.5 Å². The van der Waals surface area contributed by atoms with Gasteiger partial charge in [-0.05, 0) is 12.1 Å². The monoisotopic (exact) mass is 282 g/mol. The number of hydrogen-bond acceptors (Lipinski definition) is 6. The quantitative estimate of drug-likeness (QED) is 0.367. The Morgan fingerprint density at radius 2 is 1.71 bits per heavy atom. The maximum atomic E-state index is 11.7. The lowest BCUT2D eigenvalue weighted by atomic mass is 10.2. The van der Waals surface area contributed by atoms with Gasteiger partial charge in [0.15, 0.2) is 0 Å². The van der Waals surface area contributed by atoms with Crippen molar-refractivity contribution in [1.82, 2.24) is 4.98 Å². The van der Waals surface area contributed by atoms with Crippen LogP contribution in [0.4, 0.5) is 0 Å². The van der Waals surface area contributed by atoms with E-state index in [1.165, 1.54) is 12.4 Å². The molecular weight excluding hydrogens is 272 g/mol. The molecule has 0 saturated heterocycles. The molecule has 0 spiro atoms. The first-order chi connectivity index (χ1) is 7.64. The summed E-state index contributed by atoms with van der Waals surface area (Å²) in [6.45, 7) is 0. The highest BCUT2D eigenvalue weighted by Crippen LogP contribution is 2.65. The predicted octanol–water partition coefficient (Wildman–Crippen LogP) is -0.492. The normalized spacial score (nSPS) is 14.4. The summed E-state index contributed by atoms with van der Waals surface area (Å²) in [7, 11) is -10.2. The highest BCUT2D eigenvalue weighted by Gasteiger charge is 2.59. The second-order valence-electron chi connectivity index (χ2n) is 3.18. The molecule has 0 radical (unpaired) electrons. The molecule has 1 unspecified atom stereocenters. The van der Waals surface area contributed by atoms with Crippen molar-refractivity contribution in [2.75, 3.05) is 0 Å². The van der Waals surface area contributed by atoms with E-state index in [0.717, 1.165) is 12.1 Å². The Hall–Kier alpha value is -0.720. The molecule has 1 aromatic heterocycles. The third kappa shape index (κ3) is 3.62. The SMILES string of the molecule is O=C(c1ccncc1)C(P(=O)(O)O)[P+](O)(O)O. The first kappa shape index (κ1) is 14.3. The zero-order valence-electron chi connectivity index (χ0n) is 8.28. The van der Waals surface area contributed by atoms with E-state index in [9.17, 15) is 9.36 Å². The Balaban J connectivity index is 3.19. The third-order valence-electron chi connectivity index (χ3n) is 1.85. The van der Waals surface area contributed by atoms with Gasteiger partial charge in [-0.15, -0.1) is 0 Å². The summed E-state index contributed by atoms with van der Waals surface area (Å²) in [6.07, 6.45) is 2.38. The zero-order valence-corrected chi connectivity index (χ0v) is 10.1. The summed E-state index contributed by atoms with van der Waals surface area (Å²) >= 11 is 0. The van der Waals surface area contributed by atoms with Gasteiger partial charge in [0.25, 0.3) is 0 Å². The predicted molar refractivity (Wildman–Crippen MR) is 58.0 cm³/mol. The minimum Gasteiger partial charge on any atom is -0.321 e. The van der Waals surface area contributed by atoms with E-state index in [-0.39, 0.29) is 5.56 Å². The average molecular weight is 282 g/mol. The Kier molecular flexibility index (Phi) is 4.11. The maximum absolute atomic E-state index is 11.7. The number of carbonyl (C=O) groups is 1. The Morgan fingerprint density at radius 3 is 2.06 bits per heavy atom. The standard InChI is InChI=1S/C7H9NO7P2/c9-6(5-1-3-8-4-2-5)7(16(10,11)12)17(13,14)15/h1-4,7,10-12H,(H-,13,14,15)/p+1. The van der Waals surface area contributed by atoms with Crippen molar-refractivity contribution in [2.24, 2.45) is 0 Å². The van der Waals surface area contributed by atoms with Gasteiger partial charge in [-0.25, -0.2) is 0 Å². The van der Waals surface area contributed by atoms with E-state index < -0.39 is 26.7 Å². The van der Waals surface area contributed by atoms with E-state index in [0.29, 0.717) is 0 Å². The lowest BCUT2D eigenvalue weighted by Gasteiger charge is -2.16. The minimum absolute atomic E-state index is 0.185. The summed E-state index contributed by atoms with van der Waals surface area (Å²) in [5.41, 5.74) is -0.185. The smallest absolute Gasteiger partial charge is 0.321 e. The van der Waals surface area contributed by atoms with Gasteiger partial charge in [-0.1, -0.05) is 0 Å². The van der Waals surface area contributed by atoms with Crippen molar-refractivity contribution in [3.63, 3.8) is 0 Å². The van der Waals surface area contributed by atoms with Crippen LogP contribution >= 0.6 is 15.5 Å². The topological polar surface area (TPSA) is 148 Å². The fraction of sp³-hybridized carbons (Fsp3) is 0.143. The summed E-state index contributed by atoms with van der Waals surface area (Å²) in [5.74, 6) is -1.25. The second kappa shape index (κ2) is 4.88. The average Bonchev–Trinajstić information content (AvgIpc) is 2.14. The first-order valence-electron chi connectivity index (χ1n) is 4.20. The van der Waals surface area contributed by atoms with Gasteiger partial charge in [0.2, 0.25) is 5.78 Å². The third-order valence-corrected chi connectivity index (χ3v) is 5.44. The molecule has 10 heteroatoms. The van der Waals surface area contributed by atoms with E-state index in [1.54, 1.807) is 0 Å². The van der Waals surface area contributed by atoms with Gasteiger partial charge in [0.1, 0.15) is 0 Å².